The van der Waals surface area contributed by atoms with Crippen molar-refractivity contribution >= 4 is 33.2 Å². The Morgan fingerprint density at radius 2 is 1.75 bits per heavy atom. The molecular formula is C23H22ClFN2O4S. The number of aryl methyl sites for hydroxylation is 1. The van der Waals surface area contributed by atoms with E-state index < -0.39 is 34.8 Å². The van der Waals surface area contributed by atoms with Gasteiger partial charge in [0.25, 0.3) is 0 Å². The van der Waals surface area contributed by atoms with E-state index in [1.54, 1.807) is 36.4 Å². The number of halogens is 2. The molecular weight excluding hydrogens is 455 g/mol. The molecule has 9 heteroatoms. The quantitative estimate of drug-likeness (QED) is 0.514. The summed E-state index contributed by atoms with van der Waals surface area (Å²) < 4.78 is 47.2. The maximum Gasteiger partial charge on any atom is 0.243 e. The van der Waals surface area contributed by atoms with Gasteiger partial charge in [0.2, 0.25) is 15.9 Å². The number of ether oxygens (including phenoxy) is 1. The number of anilines is 1. The molecule has 3 aromatic rings. The van der Waals surface area contributed by atoms with Crippen LogP contribution in [0.15, 0.2) is 71.6 Å². The highest BCUT2D eigenvalue weighted by Gasteiger charge is 2.28. The molecule has 0 fully saturated rings. The number of amides is 1. The minimum atomic E-state index is -4.14. The fourth-order valence-electron chi connectivity index (χ4n) is 3.04. The molecule has 0 aliphatic rings. The second-order valence-corrected chi connectivity index (χ2v) is 9.38. The van der Waals surface area contributed by atoms with E-state index in [-0.39, 0.29) is 15.5 Å². The average molecular weight is 477 g/mol. The van der Waals surface area contributed by atoms with Gasteiger partial charge in [0.15, 0.2) is 0 Å². The minimum absolute atomic E-state index is 0.0133. The number of hydrogen-bond acceptors (Lipinski definition) is 4. The van der Waals surface area contributed by atoms with Crippen molar-refractivity contribution in [3.8, 4) is 5.75 Å². The maximum atomic E-state index is 14.4. The zero-order valence-corrected chi connectivity index (χ0v) is 19.1. The molecule has 1 amide bonds. The Balaban J connectivity index is 1.94. The Morgan fingerprint density at radius 3 is 2.41 bits per heavy atom. The Morgan fingerprint density at radius 1 is 1.06 bits per heavy atom. The second kappa shape index (κ2) is 10.1. The first-order valence-corrected chi connectivity index (χ1v) is 11.5. The Hall–Kier alpha value is -2.94. The molecule has 32 heavy (non-hydrogen) atoms. The standard InChI is InChI=1S/C23H22ClFN2O4S/c1-16-10-12-17(13-11-16)32(29,30)27(14-18-19(24)6-5-7-20(18)25)15-23(28)26-21-8-3-4-9-22(21)31-2/h3-13H,14-15H2,1-2H3,(H,26,28). The predicted octanol–water partition coefficient (Wildman–Crippen LogP) is 4.63. The van der Waals surface area contributed by atoms with Gasteiger partial charge in [0.05, 0.1) is 24.2 Å². The third-order valence-electron chi connectivity index (χ3n) is 4.76. The number of para-hydroxylation sites is 2. The van der Waals surface area contributed by atoms with Gasteiger partial charge < -0.3 is 10.1 Å². The van der Waals surface area contributed by atoms with Gasteiger partial charge in [-0.3, -0.25) is 4.79 Å². The molecule has 0 bridgehead atoms. The van der Waals surface area contributed by atoms with Gasteiger partial charge >= 0.3 is 0 Å². The van der Waals surface area contributed by atoms with Gasteiger partial charge in [-0.1, -0.05) is 47.5 Å². The van der Waals surface area contributed by atoms with Gasteiger partial charge in [-0.25, -0.2) is 12.8 Å². The SMILES string of the molecule is COc1ccccc1NC(=O)CN(Cc1c(F)cccc1Cl)S(=O)(=O)c1ccc(C)cc1. The van der Waals surface area contributed by atoms with Crippen molar-refractivity contribution in [3.63, 3.8) is 0 Å². The molecule has 0 aliphatic heterocycles. The van der Waals surface area contributed by atoms with Crippen LogP contribution in [0.1, 0.15) is 11.1 Å². The largest absolute Gasteiger partial charge is 0.495 e. The first-order valence-electron chi connectivity index (χ1n) is 9.65. The molecule has 0 spiro atoms. The summed E-state index contributed by atoms with van der Waals surface area (Å²) in [7, 11) is -2.68. The van der Waals surface area contributed by atoms with Crippen LogP contribution in [0.25, 0.3) is 0 Å². The topological polar surface area (TPSA) is 75.7 Å². The number of benzene rings is 3. The summed E-state index contributed by atoms with van der Waals surface area (Å²) in [5, 5.41) is 2.71. The molecule has 0 atom stereocenters. The molecule has 168 valence electrons. The summed E-state index contributed by atoms with van der Waals surface area (Å²) in [5.74, 6) is -0.852. The Kier molecular flexibility index (Phi) is 7.50. The van der Waals surface area contributed by atoms with Gasteiger partial charge in [-0.2, -0.15) is 4.31 Å². The van der Waals surface area contributed by atoms with E-state index in [2.05, 4.69) is 5.32 Å². The number of sulfonamides is 1. The molecule has 1 N–H and O–H groups in total. The van der Waals surface area contributed by atoms with E-state index >= 15 is 0 Å². The number of methoxy groups -OCH3 is 1. The van der Waals surface area contributed by atoms with E-state index in [4.69, 9.17) is 16.3 Å². The molecule has 0 saturated carbocycles. The zero-order valence-electron chi connectivity index (χ0n) is 17.5. The van der Waals surface area contributed by atoms with Crippen LogP contribution in [0.5, 0.6) is 5.75 Å². The van der Waals surface area contributed by atoms with E-state index in [1.165, 1.54) is 37.4 Å². The molecule has 0 unspecified atom stereocenters. The number of rotatable bonds is 8. The van der Waals surface area contributed by atoms with Gasteiger partial charge in [-0.05, 0) is 43.3 Å². The summed E-state index contributed by atoms with van der Waals surface area (Å²) in [6, 6.07) is 17.0. The number of nitrogens with one attached hydrogen (secondary N) is 1. The molecule has 6 nitrogen and oxygen atoms in total. The third kappa shape index (κ3) is 5.45. The lowest BCUT2D eigenvalue weighted by atomic mass is 10.2. The van der Waals surface area contributed by atoms with Crippen molar-refractivity contribution in [2.24, 2.45) is 0 Å². The smallest absolute Gasteiger partial charge is 0.243 e. The first kappa shape index (κ1) is 23.7. The van der Waals surface area contributed by atoms with Crippen molar-refractivity contribution in [2.75, 3.05) is 19.0 Å². The van der Waals surface area contributed by atoms with Gasteiger partial charge in [-0.15, -0.1) is 0 Å². The maximum absolute atomic E-state index is 14.4. The van der Waals surface area contributed by atoms with Crippen LogP contribution >= 0.6 is 11.6 Å². The van der Waals surface area contributed by atoms with Crippen LogP contribution in [-0.2, 0) is 21.4 Å². The first-order chi connectivity index (χ1) is 15.2. The van der Waals surface area contributed by atoms with Crippen molar-refractivity contribution in [1.82, 2.24) is 4.31 Å². The van der Waals surface area contributed by atoms with Crippen molar-refractivity contribution in [3.05, 3.63) is 88.7 Å². The van der Waals surface area contributed by atoms with Crippen LogP contribution in [0.3, 0.4) is 0 Å². The van der Waals surface area contributed by atoms with Crippen molar-refractivity contribution < 1.29 is 22.3 Å². The second-order valence-electron chi connectivity index (χ2n) is 7.03. The lowest BCUT2D eigenvalue weighted by Crippen LogP contribution is -2.38. The zero-order chi connectivity index (χ0) is 23.3. The average Bonchev–Trinajstić information content (AvgIpc) is 2.76. The monoisotopic (exact) mass is 476 g/mol. The van der Waals surface area contributed by atoms with E-state index in [9.17, 15) is 17.6 Å². The van der Waals surface area contributed by atoms with Crippen LogP contribution in [0.2, 0.25) is 5.02 Å². The highest BCUT2D eigenvalue weighted by Crippen LogP contribution is 2.26. The molecule has 0 heterocycles. The number of nitrogens with zero attached hydrogens (tertiary/aromatic N) is 1. The van der Waals surface area contributed by atoms with Crippen molar-refractivity contribution in [2.45, 2.75) is 18.4 Å². The van der Waals surface area contributed by atoms with E-state index in [0.717, 1.165) is 9.87 Å². The molecule has 3 rings (SSSR count). The van der Waals surface area contributed by atoms with Crippen LogP contribution < -0.4 is 10.1 Å². The highest BCUT2D eigenvalue weighted by atomic mass is 35.5. The molecule has 0 saturated heterocycles. The summed E-state index contributed by atoms with van der Waals surface area (Å²) in [4.78, 5) is 12.8. The van der Waals surface area contributed by atoms with E-state index in [0.29, 0.717) is 11.4 Å². The van der Waals surface area contributed by atoms with Gasteiger partial charge in [0, 0.05) is 17.1 Å². The third-order valence-corrected chi connectivity index (χ3v) is 6.92. The van der Waals surface area contributed by atoms with Crippen LogP contribution in [-0.4, -0.2) is 32.3 Å². The van der Waals surface area contributed by atoms with Crippen LogP contribution in [0.4, 0.5) is 10.1 Å². The molecule has 0 aromatic heterocycles. The Labute approximate surface area is 191 Å². The highest BCUT2D eigenvalue weighted by molar-refractivity contribution is 7.89. The lowest BCUT2D eigenvalue weighted by Gasteiger charge is -2.23. The fourth-order valence-corrected chi connectivity index (χ4v) is 4.63. The summed E-state index contributed by atoms with van der Waals surface area (Å²) in [5.41, 5.74) is 1.24. The molecule has 3 aromatic carbocycles. The number of carbonyl (C=O) groups excluding carboxylic acids is 1. The normalized spacial score (nSPS) is 11.4. The summed E-state index contributed by atoms with van der Waals surface area (Å²) in [6.45, 7) is 0.855. The summed E-state index contributed by atoms with van der Waals surface area (Å²) in [6.07, 6.45) is 0. The van der Waals surface area contributed by atoms with Crippen LogP contribution in [0, 0.1) is 12.7 Å². The fraction of sp³-hybridized carbons (Fsp3) is 0.174. The van der Waals surface area contributed by atoms with Gasteiger partial charge in [0.1, 0.15) is 11.6 Å². The van der Waals surface area contributed by atoms with Crippen molar-refractivity contribution in [1.29, 1.82) is 0 Å². The predicted molar refractivity (Wildman–Crippen MR) is 122 cm³/mol. The Bertz CT molecular complexity index is 1200. The lowest BCUT2D eigenvalue weighted by molar-refractivity contribution is -0.116. The minimum Gasteiger partial charge on any atom is -0.495 e. The molecule has 0 aliphatic carbocycles. The number of hydrogen-bond donors (Lipinski definition) is 1. The number of carbonyl (C=O) groups is 1. The summed E-state index contributed by atoms with van der Waals surface area (Å²) >= 11 is 6.12. The van der Waals surface area contributed by atoms with E-state index in [1.807, 2.05) is 6.92 Å². The molecule has 0 radical (unpaired) electrons.